The molecule has 0 radical (unpaired) electrons. The number of ether oxygens (including phenoxy) is 1. The summed E-state index contributed by atoms with van der Waals surface area (Å²) in [6.45, 7) is 0.809. The number of nitrogens with one attached hydrogen (secondary N) is 3. The van der Waals surface area contributed by atoms with Crippen LogP contribution < -0.4 is 31.0 Å². The van der Waals surface area contributed by atoms with Crippen molar-refractivity contribution in [1.82, 2.24) is 10.9 Å². The van der Waals surface area contributed by atoms with Gasteiger partial charge >= 0.3 is 0 Å². The molecule has 0 saturated heterocycles. The zero-order valence-electron chi connectivity index (χ0n) is 21.8. The maximum absolute atomic E-state index is 12.8. The smallest absolute Gasteiger partial charge is 0.269 e. The molecule has 0 heterocycles. The van der Waals surface area contributed by atoms with Gasteiger partial charge in [-0.05, 0) is 36.4 Å². The standard InChI is InChI=1S/C27H25BrN8O5/c1-41-25-17-21(35(14-2-12-29)15-3-13-30)9-10-22(25)26(32-31-19-5-7-20(8-6-19)36(39)40)33-34-27(38)23-16-18(28)4-11-24(23)37/h4-11,16-17,31,37H,2-3,14-15H2,1H3,(H,32,33)(H,34,38)/p-1. The number of hydrogen-bond acceptors (Lipinski definition) is 10. The molecule has 13 nitrogen and oxygen atoms in total. The number of hydrazine groups is 1. The van der Waals surface area contributed by atoms with Crippen LogP contribution in [0.15, 0.2) is 70.2 Å². The van der Waals surface area contributed by atoms with Crippen LogP contribution in [0.5, 0.6) is 11.5 Å². The van der Waals surface area contributed by atoms with Crippen LogP contribution in [-0.2, 0) is 0 Å². The predicted molar refractivity (Wildman–Crippen MR) is 153 cm³/mol. The highest BCUT2D eigenvalue weighted by Crippen LogP contribution is 2.27. The molecule has 3 N–H and O–H groups in total. The van der Waals surface area contributed by atoms with Crippen LogP contribution in [0.25, 0.3) is 0 Å². The van der Waals surface area contributed by atoms with E-state index in [1.807, 2.05) is 4.90 Å². The Morgan fingerprint density at radius 2 is 1.71 bits per heavy atom. The Balaban J connectivity index is 1.96. The second-order valence-corrected chi connectivity index (χ2v) is 9.20. The normalized spacial score (nSPS) is 10.6. The number of non-ortho nitro benzene ring substituents is 1. The van der Waals surface area contributed by atoms with Gasteiger partial charge in [-0.2, -0.15) is 15.6 Å². The summed E-state index contributed by atoms with van der Waals surface area (Å²) in [6, 6.07) is 19.0. The molecule has 0 spiro atoms. The van der Waals surface area contributed by atoms with Crippen molar-refractivity contribution in [3.05, 3.63) is 86.4 Å². The van der Waals surface area contributed by atoms with E-state index in [-0.39, 0.29) is 29.9 Å². The number of carbonyl (C=O) groups is 1. The molecule has 14 heteroatoms. The lowest BCUT2D eigenvalue weighted by molar-refractivity contribution is -0.384. The van der Waals surface area contributed by atoms with Crippen molar-refractivity contribution < 1.29 is 19.6 Å². The molecule has 0 saturated carbocycles. The molecule has 41 heavy (non-hydrogen) atoms. The van der Waals surface area contributed by atoms with Crippen molar-refractivity contribution in [3.63, 3.8) is 0 Å². The molecule has 0 atom stereocenters. The van der Waals surface area contributed by atoms with E-state index in [1.54, 1.807) is 18.2 Å². The van der Waals surface area contributed by atoms with Crippen LogP contribution >= 0.6 is 15.9 Å². The van der Waals surface area contributed by atoms with Crippen molar-refractivity contribution in [2.75, 3.05) is 30.5 Å². The Bertz CT molecular complexity index is 1500. The molecule has 0 aromatic heterocycles. The number of amidine groups is 1. The number of nitriles is 2. The second kappa shape index (κ2) is 14.7. The Morgan fingerprint density at radius 1 is 1.02 bits per heavy atom. The lowest BCUT2D eigenvalue weighted by Gasteiger charge is -2.24. The lowest BCUT2D eigenvalue weighted by Crippen LogP contribution is -2.43. The first-order chi connectivity index (χ1) is 19.8. The maximum Gasteiger partial charge on any atom is 0.269 e. The Kier molecular flexibility index (Phi) is 10.8. The fourth-order valence-corrected chi connectivity index (χ4v) is 3.97. The van der Waals surface area contributed by atoms with Gasteiger partial charge < -0.3 is 14.7 Å². The van der Waals surface area contributed by atoms with Crippen LogP contribution in [0.1, 0.15) is 28.8 Å². The van der Waals surface area contributed by atoms with Gasteiger partial charge in [0.2, 0.25) is 0 Å². The number of halogens is 1. The van der Waals surface area contributed by atoms with Gasteiger partial charge in [0.25, 0.3) is 11.6 Å². The largest absolute Gasteiger partial charge is 0.872 e. The molecular weight excluding hydrogens is 596 g/mol. The summed E-state index contributed by atoms with van der Waals surface area (Å²) in [4.78, 5) is 25.1. The molecule has 3 aromatic rings. The zero-order chi connectivity index (χ0) is 29.8. The third-order valence-corrected chi connectivity index (χ3v) is 6.14. The van der Waals surface area contributed by atoms with Crippen LogP contribution in [0.4, 0.5) is 17.1 Å². The SMILES string of the molecule is COc1cc(N(CCC#N)CCC#N)ccc1C(=NNc1ccc([N+](=O)[O-])cc1)NNC(=O)c1cc(Br)ccc1[O-]. The zero-order valence-corrected chi connectivity index (χ0v) is 23.3. The third-order valence-electron chi connectivity index (χ3n) is 5.65. The number of nitro benzene ring substituents is 1. The van der Waals surface area contributed by atoms with Crippen molar-refractivity contribution in [2.45, 2.75) is 12.8 Å². The highest BCUT2D eigenvalue weighted by molar-refractivity contribution is 9.10. The highest BCUT2D eigenvalue weighted by Gasteiger charge is 2.17. The average Bonchev–Trinajstić information content (AvgIpc) is 2.98. The Labute approximate surface area is 243 Å². The van der Waals surface area contributed by atoms with Crippen molar-refractivity contribution in [2.24, 2.45) is 5.10 Å². The molecule has 0 aliphatic heterocycles. The Morgan fingerprint density at radius 3 is 2.32 bits per heavy atom. The molecule has 0 unspecified atom stereocenters. The summed E-state index contributed by atoms with van der Waals surface area (Å²) in [7, 11) is 1.45. The summed E-state index contributed by atoms with van der Waals surface area (Å²) in [5.74, 6) is -0.761. The molecule has 0 aliphatic carbocycles. The summed E-state index contributed by atoms with van der Waals surface area (Å²) < 4.78 is 6.14. The molecule has 0 fully saturated rings. The molecular formula is C27H24BrN8O5-. The van der Waals surface area contributed by atoms with E-state index in [0.717, 1.165) is 0 Å². The quantitative estimate of drug-likeness (QED) is 0.123. The van der Waals surface area contributed by atoms with Gasteiger partial charge in [-0.25, -0.2) is 0 Å². The van der Waals surface area contributed by atoms with Crippen LogP contribution in [-0.4, -0.2) is 36.9 Å². The first-order valence-corrected chi connectivity index (χ1v) is 12.8. The van der Waals surface area contributed by atoms with Gasteiger partial charge in [0.15, 0.2) is 5.84 Å². The van der Waals surface area contributed by atoms with Gasteiger partial charge in [0, 0.05) is 47.0 Å². The number of benzene rings is 3. The predicted octanol–water partition coefficient (Wildman–Crippen LogP) is 3.78. The number of amides is 1. The van der Waals surface area contributed by atoms with Gasteiger partial charge in [-0.3, -0.25) is 31.2 Å². The number of nitro groups is 1. The van der Waals surface area contributed by atoms with Gasteiger partial charge in [0.1, 0.15) is 5.75 Å². The van der Waals surface area contributed by atoms with E-state index >= 15 is 0 Å². The molecule has 210 valence electrons. The average molecular weight is 620 g/mol. The molecule has 3 aromatic carbocycles. The van der Waals surface area contributed by atoms with E-state index in [2.05, 4.69) is 49.4 Å². The Hall–Kier alpha value is -5.34. The van der Waals surface area contributed by atoms with E-state index in [4.69, 9.17) is 15.3 Å². The number of methoxy groups -OCH3 is 1. The summed E-state index contributed by atoms with van der Waals surface area (Å²) in [6.07, 6.45) is 0.512. The number of hydrazone groups is 1. The van der Waals surface area contributed by atoms with Crippen molar-refractivity contribution >= 4 is 44.7 Å². The fourth-order valence-electron chi connectivity index (χ4n) is 3.61. The molecule has 0 bridgehead atoms. The van der Waals surface area contributed by atoms with Gasteiger partial charge in [0.05, 0.1) is 48.3 Å². The number of nitrogens with zero attached hydrogens (tertiary/aromatic N) is 5. The van der Waals surface area contributed by atoms with Crippen LogP contribution in [0.3, 0.4) is 0 Å². The summed E-state index contributed by atoms with van der Waals surface area (Å²) in [5.41, 5.74) is 9.29. The van der Waals surface area contributed by atoms with Crippen LogP contribution in [0, 0.1) is 32.8 Å². The summed E-state index contributed by atoms with van der Waals surface area (Å²) in [5, 5.41) is 45.6. The van der Waals surface area contributed by atoms with Gasteiger partial charge in [-0.15, -0.1) is 0 Å². The molecule has 0 aliphatic rings. The van der Waals surface area contributed by atoms with E-state index in [1.165, 1.54) is 49.6 Å². The highest BCUT2D eigenvalue weighted by atomic mass is 79.9. The minimum absolute atomic E-state index is 0.0862. The maximum atomic E-state index is 12.8. The van der Waals surface area contributed by atoms with E-state index in [0.29, 0.717) is 40.2 Å². The number of rotatable bonds is 11. The number of anilines is 2. The van der Waals surface area contributed by atoms with Crippen molar-refractivity contribution in [3.8, 4) is 23.6 Å². The topological polar surface area (TPSA) is 192 Å². The lowest BCUT2D eigenvalue weighted by atomic mass is 10.1. The number of carbonyl (C=O) groups excluding carboxylic acids is 1. The molecule has 3 rings (SSSR count). The van der Waals surface area contributed by atoms with E-state index in [9.17, 15) is 20.0 Å². The fraction of sp³-hybridized carbons (Fsp3) is 0.185. The van der Waals surface area contributed by atoms with Gasteiger partial charge in [-0.1, -0.05) is 27.7 Å². The third kappa shape index (κ3) is 8.32. The van der Waals surface area contributed by atoms with Crippen molar-refractivity contribution in [1.29, 1.82) is 10.5 Å². The first kappa shape index (κ1) is 30.2. The first-order valence-electron chi connectivity index (χ1n) is 12.1. The van der Waals surface area contributed by atoms with Crippen LogP contribution in [0.2, 0.25) is 0 Å². The van der Waals surface area contributed by atoms with E-state index < -0.39 is 16.6 Å². The second-order valence-electron chi connectivity index (χ2n) is 8.28. The number of hydrogen-bond donors (Lipinski definition) is 3. The minimum atomic E-state index is -0.714. The molecule has 1 amide bonds. The summed E-state index contributed by atoms with van der Waals surface area (Å²) >= 11 is 3.24. The monoisotopic (exact) mass is 619 g/mol. The minimum Gasteiger partial charge on any atom is -0.872 e.